The largest absolute Gasteiger partial charge is 0.324 e. The zero-order chi connectivity index (χ0) is 18.4. The highest BCUT2D eigenvalue weighted by atomic mass is 35.5. The predicted octanol–water partition coefficient (Wildman–Crippen LogP) is 3.91. The smallest absolute Gasteiger partial charge is 0.234 e. The Hall–Kier alpha value is -2.64. The minimum absolute atomic E-state index is 0.171. The lowest BCUT2D eigenvalue weighted by Crippen LogP contribution is -2.15. The van der Waals surface area contributed by atoms with Crippen molar-refractivity contribution in [3.8, 4) is 11.5 Å². The van der Waals surface area contributed by atoms with Gasteiger partial charge in [-0.2, -0.15) is 0 Å². The van der Waals surface area contributed by atoms with Gasteiger partial charge in [0, 0.05) is 12.7 Å². The van der Waals surface area contributed by atoms with Crippen LogP contribution in [0.1, 0.15) is 0 Å². The van der Waals surface area contributed by atoms with E-state index in [4.69, 9.17) is 11.6 Å². The third-order valence-corrected chi connectivity index (χ3v) is 4.70. The van der Waals surface area contributed by atoms with Crippen LogP contribution in [0.4, 0.5) is 5.69 Å². The van der Waals surface area contributed by atoms with Crippen LogP contribution in [-0.4, -0.2) is 31.4 Å². The number of halogens is 1. The molecule has 0 radical (unpaired) electrons. The van der Waals surface area contributed by atoms with Gasteiger partial charge in [0.15, 0.2) is 11.0 Å². The first-order valence-corrected chi connectivity index (χ1v) is 9.18. The SMILES string of the molecule is C=CCn1c(SCC(=O)Nc2ccccc2Cl)nnc1-c1ccccn1. The van der Waals surface area contributed by atoms with Crippen LogP contribution in [-0.2, 0) is 11.3 Å². The molecular formula is C18H16ClN5OS. The van der Waals surface area contributed by atoms with Gasteiger partial charge < -0.3 is 5.32 Å². The van der Waals surface area contributed by atoms with Crippen LogP contribution in [0.3, 0.4) is 0 Å². The fourth-order valence-electron chi connectivity index (χ4n) is 2.25. The summed E-state index contributed by atoms with van der Waals surface area (Å²) in [5, 5.41) is 12.3. The molecule has 2 aromatic heterocycles. The maximum absolute atomic E-state index is 12.2. The fourth-order valence-corrected chi connectivity index (χ4v) is 3.18. The number of amides is 1. The number of para-hydroxylation sites is 1. The number of hydrogen-bond donors (Lipinski definition) is 1. The molecule has 26 heavy (non-hydrogen) atoms. The van der Waals surface area contributed by atoms with Crippen molar-refractivity contribution in [2.45, 2.75) is 11.7 Å². The molecule has 1 N–H and O–H groups in total. The van der Waals surface area contributed by atoms with Crippen molar-refractivity contribution in [2.24, 2.45) is 0 Å². The Labute approximate surface area is 160 Å². The number of carbonyl (C=O) groups excluding carboxylic acids is 1. The number of allylic oxidation sites excluding steroid dienone is 1. The van der Waals surface area contributed by atoms with Gasteiger partial charge in [-0.25, -0.2) is 0 Å². The molecule has 0 saturated heterocycles. The van der Waals surface area contributed by atoms with Gasteiger partial charge >= 0.3 is 0 Å². The van der Waals surface area contributed by atoms with E-state index in [2.05, 4.69) is 27.1 Å². The van der Waals surface area contributed by atoms with Crippen LogP contribution < -0.4 is 5.32 Å². The lowest BCUT2D eigenvalue weighted by Gasteiger charge is -2.08. The third kappa shape index (κ3) is 4.30. The van der Waals surface area contributed by atoms with Gasteiger partial charge in [0.05, 0.1) is 16.5 Å². The van der Waals surface area contributed by atoms with E-state index in [-0.39, 0.29) is 11.7 Å². The van der Waals surface area contributed by atoms with Crippen molar-refractivity contribution in [2.75, 3.05) is 11.1 Å². The summed E-state index contributed by atoms with van der Waals surface area (Å²) < 4.78 is 1.88. The molecule has 0 aliphatic rings. The molecule has 1 amide bonds. The highest BCUT2D eigenvalue weighted by molar-refractivity contribution is 7.99. The molecule has 0 bridgehead atoms. The summed E-state index contributed by atoms with van der Waals surface area (Å²) in [5.41, 5.74) is 1.30. The Morgan fingerprint density at radius 2 is 2.04 bits per heavy atom. The van der Waals surface area contributed by atoms with Crippen molar-refractivity contribution >= 4 is 35.0 Å². The topological polar surface area (TPSA) is 72.7 Å². The first kappa shape index (κ1) is 18.2. The minimum Gasteiger partial charge on any atom is -0.324 e. The van der Waals surface area contributed by atoms with Crippen LogP contribution in [0.15, 0.2) is 66.5 Å². The van der Waals surface area contributed by atoms with Gasteiger partial charge in [-0.3, -0.25) is 14.3 Å². The van der Waals surface area contributed by atoms with Crippen LogP contribution >= 0.6 is 23.4 Å². The number of carbonyl (C=O) groups is 1. The molecule has 0 atom stereocenters. The lowest BCUT2D eigenvalue weighted by molar-refractivity contribution is -0.113. The molecule has 3 rings (SSSR count). The number of nitrogens with zero attached hydrogens (tertiary/aromatic N) is 4. The Kier molecular flexibility index (Phi) is 6.04. The summed E-state index contributed by atoms with van der Waals surface area (Å²) in [6.07, 6.45) is 3.45. The number of benzene rings is 1. The highest BCUT2D eigenvalue weighted by Crippen LogP contribution is 2.24. The molecule has 2 heterocycles. The Morgan fingerprint density at radius 3 is 2.77 bits per heavy atom. The Morgan fingerprint density at radius 1 is 1.23 bits per heavy atom. The van der Waals surface area contributed by atoms with Gasteiger partial charge in [-0.15, -0.1) is 16.8 Å². The highest BCUT2D eigenvalue weighted by Gasteiger charge is 2.16. The standard InChI is InChI=1S/C18H16ClN5OS/c1-2-11-24-17(15-9-5-6-10-20-15)22-23-18(24)26-12-16(25)21-14-8-4-3-7-13(14)19/h2-10H,1,11-12H2,(H,21,25). The predicted molar refractivity (Wildman–Crippen MR) is 104 cm³/mol. The average molecular weight is 386 g/mol. The van der Waals surface area contributed by atoms with Crippen molar-refractivity contribution in [3.05, 3.63) is 66.3 Å². The first-order chi connectivity index (χ1) is 12.7. The van der Waals surface area contributed by atoms with E-state index >= 15 is 0 Å². The van der Waals surface area contributed by atoms with Gasteiger partial charge in [0.2, 0.25) is 5.91 Å². The summed E-state index contributed by atoms with van der Waals surface area (Å²) in [4.78, 5) is 16.5. The summed E-state index contributed by atoms with van der Waals surface area (Å²) in [6, 6.07) is 12.7. The second-order valence-corrected chi connectivity index (χ2v) is 6.59. The van der Waals surface area contributed by atoms with Crippen LogP contribution in [0.5, 0.6) is 0 Å². The monoisotopic (exact) mass is 385 g/mol. The van der Waals surface area contributed by atoms with Crippen LogP contribution in [0, 0.1) is 0 Å². The molecule has 132 valence electrons. The van der Waals surface area contributed by atoms with Crippen molar-refractivity contribution in [1.82, 2.24) is 19.7 Å². The molecule has 0 aliphatic heterocycles. The van der Waals surface area contributed by atoms with Gasteiger partial charge in [-0.1, -0.05) is 47.6 Å². The molecule has 0 saturated carbocycles. The summed E-state index contributed by atoms with van der Waals surface area (Å²) in [7, 11) is 0. The molecule has 1 aromatic carbocycles. The number of pyridine rings is 1. The molecule has 0 aliphatic carbocycles. The van der Waals surface area contributed by atoms with Gasteiger partial charge in [-0.05, 0) is 24.3 Å². The molecular weight excluding hydrogens is 370 g/mol. The number of rotatable bonds is 7. The lowest BCUT2D eigenvalue weighted by atomic mass is 10.3. The summed E-state index contributed by atoms with van der Waals surface area (Å²) in [6.45, 7) is 4.29. The van der Waals surface area contributed by atoms with Gasteiger partial charge in [0.1, 0.15) is 5.69 Å². The van der Waals surface area contributed by atoms with Crippen molar-refractivity contribution in [1.29, 1.82) is 0 Å². The maximum Gasteiger partial charge on any atom is 0.234 e. The van der Waals surface area contributed by atoms with E-state index in [0.717, 1.165) is 0 Å². The second kappa shape index (κ2) is 8.64. The molecule has 0 unspecified atom stereocenters. The Bertz CT molecular complexity index is 913. The number of aromatic nitrogens is 4. The van der Waals surface area contributed by atoms with E-state index in [1.54, 1.807) is 24.4 Å². The number of nitrogens with one attached hydrogen (secondary N) is 1. The normalized spacial score (nSPS) is 10.5. The van der Waals surface area contributed by atoms with Crippen LogP contribution in [0.25, 0.3) is 11.5 Å². The minimum atomic E-state index is -0.171. The second-order valence-electron chi connectivity index (χ2n) is 5.24. The first-order valence-electron chi connectivity index (χ1n) is 7.81. The van der Waals surface area contributed by atoms with E-state index in [1.165, 1.54) is 11.8 Å². The number of thioether (sulfide) groups is 1. The summed E-state index contributed by atoms with van der Waals surface area (Å²) >= 11 is 7.35. The molecule has 0 spiro atoms. The van der Waals surface area contributed by atoms with Crippen molar-refractivity contribution < 1.29 is 4.79 Å². The maximum atomic E-state index is 12.2. The summed E-state index contributed by atoms with van der Waals surface area (Å²) in [5.74, 6) is 0.651. The molecule has 6 nitrogen and oxygen atoms in total. The molecule has 0 fully saturated rings. The van der Waals surface area contributed by atoms with E-state index in [9.17, 15) is 4.79 Å². The zero-order valence-corrected chi connectivity index (χ0v) is 15.4. The van der Waals surface area contributed by atoms with E-state index in [0.29, 0.717) is 33.9 Å². The van der Waals surface area contributed by atoms with Gasteiger partial charge in [0.25, 0.3) is 0 Å². The van der Waals surface area contributed by atoms with Crippen molar-refractivity contribution in [3.63, 3.8) is 0 Å². The molecule has 8 heteroatoms. The van der Waals surface area contributed by atoms with E-state index < -0.39 is 0 Å². The fraction of sp³-hybridized carbons (Fsp3) is 0.111. The number of hydrogen-bond acceptors (Lipinski definition) is 5. The third-order valence-electron chi connectivity index (χ3n) is 3.40. The zero-order valence-electron chi connectivity index (χ0n) is 13.8. The average Bonchev–Trinajstić information content (AvgIpc) is 3.06. The Balaban J connectivity index is 1.72. The molecule has 3 aromatic rings. The quantitative estimate of drug-likeness (QED) is 0.493. The van der Waals surface area contributed by atoms with E-state index in [1.807, 2.05) is 34.9 Å². The van der Waals surface area contributed by atoms with Crippen LogP contribution in [0.2, 0.25) is 5.02 Å². The number of anilines is 1.